The number of hydrogen-bond donors (Lipinski definition) is 0. The maximum Gasteiger partial charge on any atom is 0.325 e. The lowest BCUT2D eigenvalue weighted by Gasteiger charge is -2.36. The molecule has 1 atom stereocenters. The van der Waals surface area contributed by atoms with Gasteiger partial charge in [0.2, 0.25) is 0 Å². The Morgan fingerprint density at radius 2 is 2.11 bits per heavy atom. The van der Waals surface area contributed by atoms with E-state index in [1.165, 1.54) is 6.42 Å². The molecule has 19 heavy (non-hydrogen) atoms. The molecule has 0 spiro atoms. The minimum Gasteiger partial charge on any atom is -0.465 e. The van der Waals surface area contributed by atoms with Gasteiger partial charge in [-0.3, -0.25) is 4.79 Å². The summed E-state index contributed by atoms with van der Waals surface area (Å²) in [5.74, 6) is 0.198. The highest BCUT2D eigenvalue weighted by atomic mass is 16.5. The van der Waals surface area contributed by atoms with Gasteiger partial charge < -0.3 is 14.5 Å². The highest BCUT2D eigenvalue weighted by molar-refractivity contribution is 5.81. The third kappa shape index (κ3) is 4.73. The van der Waals surface area contributed by atoms with Crippen LogP contribution in [0.5, 0.6) is 0 Å². The number of nitrogens with zero attached hydrogens (tertiary/aromatic N) is 2. The maximum absolute atomic E-state index is 12.5. The van der Waals surface area contributed by atoms with Crippen molar-refractivity contribution in [3.05, 3.63) is 0 Å². The second kappa shape index (κ2) is 7.36. The SMILES string of the molecule is CCOC(=O)CN(C(=O)N1CCCC(C)C1)C(C)C. The van der Waals surface area contributed by atoms with Crippen molar-refractivity contribution in [3.63, 3.8) is 0 Å². The lowest BCUT2D eigenvalue weighted by Crippen LogP contribution is -2.51. The molecule has 0 aromatic heterocycles. The second-order valence-electron chi connectivity index (χ2n) is 5.50. The van der Waals surface area contributed by atoms with Crippen LogP contribution in [0, 0.1) is 5.92 Å². The molecule has 1 aliphatic rings. The van der Waals surface area contributed by atoms with Gasteiger partial charge in [0.1, 0.15) is 6.54 Å². The lowest BCUT2D eigenvalue weighted by atomic mass is 10.0. The third-order valence-electron chi connectivity index (χ3n) is 3.40. The molecule has 110 valence electrons. The number of piperidine rings is 1. The van der Waals surface area contributed by atoms with Crippen LogP contribution in [0.25, 0.3) is 0 Å². The van der Waals surface area contributed by atoms with Crippen molar-refractivity contribution in [1.29, 1.82) is 0 Å². The zero-order chi connectivity index (χ0) is 14.4. The average Bonchev–Trinajstić information content (AvgIpc) is 2.35. The minimum atomic E-state index is -0.338. The van der Waals surface area contributed by atoms with Crippen LogP contribution in [0.15, 0.2) is 0 Å². The van der Waals surface area contributed by atoms with Crippen LogP contribution in [-0.2, 0) is 9.53 Å². The van der Waals surface area contributed by atoms with Crippen LogP contribution in [0.4, 0.5) is 4.79 Å². The van der Waals surface area contributed by atoms with Gasteiger partial charge in [0.25, 0.3) is 0 Å². The van der Waals surface area contributed by atoms with E-state index < -0.39 is 0 Å². The number of carbonyl (C=O) groups excluding carboxylic acids is 2. The Labute approximate surface area is 115 Å². The third-order valence-corrected chi connectivity index (χ3v) is 3.40. The van der Waals surface area contributed by atoms with E-state index in [2.05, 4.69) is 6.92 Å². The molecule has 0 bridgehead atoms. The van der Waals surface area contributed by atoms with Crippen LogP contribution < -0.4 is 0 Å². The Kier molecular flexibility index (Phi) is 6.12. The van der Waals surface area contributed by atoms with Crippen molar-refractivity contribution in [2.24, 2.45) is 5.92 Å². The molecule has 1 saturated heterocycles. The molecule has 1 fully saturated rings. The van der Waals surface area contributed by atoms with Crippen molar-refractivity contribution in [2.45, 2.75) is 46.6 Å². The van der Waals surface area contributed by atoms with Gasteiger partial charge in [-0.1, -0.05) is 6.92 Å². The predicted molar refractivity (Wildman–Crippen MR) is 73.8 cm³/mol. The first-order valence-electron chi connectivity index (χ1n) is 7.16. The minimum absolute atomic E-state index is 0.00543. The molecule has 5 heteroatoms. The topological polar surface area (TPSA) is 49.9 Å². The Balaban J connectivity index is 2.64. The molecule has 1 rings (SSSR count). The summed E-state index contributed by atoms with van der Waals surface area (Å²) >= 11 is 0. The molecule has 0 N–H and O–H groups in total. The van der Waals surface area contributed by atoms with Crippen LogP contribution in [-0.4, -0.2) is 54.1 Å². The van der Waals surface area contributed by atoms with E-state index in [0.717, 1.165) is 19.5 Å². The van der Waals surface area contributed by atoms with Crippen LogP contribution >= 0.6 is 0 Å². The summed E-state index contributed by atoms with van der Waals surface area (Å²) in [5, 5.41) is 0. The van der Waals surface area contributed by atoms with E-state index in [4.69, 9.17) is 4.74 Å². The van der Waals surface area contributed by atoms with Crippen LogP contribution in [0.2, 0.25) is 0 Å². The molecule has 1 unspecified atom stereocenters. The zero-order valence-corrected chi connectivity index (χ0v) is 12.5. The predicted octanol–water partition coefficient (Wildman–Crippen LogP) is 2.11. The van der Waals surface area contributed by atoms with Gasteiger partial charge in [-0.05, 0) is 39.5 Å². The molecule has 0 radical (unpaired) electrons. The van der Waals surface area contributed by atoms with E-state index >= 15 is 0 Å². The number of ether oxygens (including phenoxy) is 1. The van der Waals surface area contributed by atoms with E-state index in [0.29, 0.717) is 12.5 Å². The zero-order valence-electron chi connectivity index (χ0n) is 12.5. The number of rotatable bonds is 4. The van der Waals surface area contributed by atoms with Gasteiger partial charge in [-0.25, -0.2) is 4.79 Å². The Morgan fingerprint density at radius 3 is 2.63 bits per heavy atom. The first-order chi connectivity index (χ1) is 8.95. The van der Waals surface area contributed by atoms with Crippen molar-refractivity contribution in [2.75, 3.05) is 26.2 Å². The van der Waals surface area contributed by atoms with Gasteiger partial charge in [0.05, 0.1) is 6.61 Å². The molecule has 1 heterocycles. The van der Waals surface area contributed by atoms with E-state index in [-0.39, 0.29) is 24.6 Å². The summed E-state index contributed by atoms with van der Waals surface area (Å²) < 4.78 is 4.93. The van der Waals surface area contributed by atoms with Gasteiger partial charge in [-0.2, -0.15) is 0 Å². The number of amides is 2. The number of urea groups is 1. The fraction of sp³-hybridized carbons (Fsp3) is 0.857. The highest BCUT2D eigenvalue weighted by Gasteiger charge is 2.28. The van der Waals surface area contributed by atoms with Crippen molar-refractivity contribution < 1.29 is 14.3 Å². The summed E-state index contributed by atoms with van der Waals surface area (Å²) in [5.41, 5.74) is 0. The summed E-state index contributed by atoms with van der Waals surface area (Å²) in [6.07, 6.45) is 2.21. The smallest absolute Gasteiger partial charge is 0.325 e. The Morgan fingerprint density at radius 1 is 1.42 bits per heavy atom. The van der Waals surface area contributed by atoms with Gasteiger partial charge >= 0.3 is 12.0 Å². The molecule has 0 aromatic rings. The van der Waals surface area contributed by atoms with E-state index in [9.17, 15) is 9.59 Å². The Hall–Kier alpha value is -1.26. The first-order valence-corrected chi connectivity index (χ1v) is 7.16. The fourth-order valence-electron chi connectivity index (χ4n) is 2.36. The molecular weight excluding hydrogens is 244 g/mol. The lowest BCUT2D eigenvalue weighted by molar-refractivity contribution is -0.144. The molecule has 0 saturated carbocycles. The Bertz CT molecular complexity index is 318. The maximum atomic E-state index is 12.5. The summed E-state index contributed by atoms with van der Waals surface area (Å²) in [6, 6.07) is -0.0521. The van der Waals surface area contributed by atoms with Crippen LogP contribution in [0.3, 0.4) is 0 Å². The van der Waals surface area contributed by atoms with Crippen molar-refractivity contribution in [3.8, 4) is 0 Å². The second-order valence-corrected chi connectivity index (χ2v) is 5.50. The van der Waals surface area contributed by atoms with Crippen molar-refractivity contribution >= 4 is 12.0 Å². The number of likely N-dealkylation sites (tertiary alicyclic amines) is 1. The molecule has 0 aromatic carbocycles. The summed E-state index contributed by atoms with van der Waals surface area (Å²) in [4.78, 5) is 27.5. The van der Waals surface area contributed by atoms with E-state index in [1.807, 2.05) is 18.7 Å². The standard InChI is InChI=1S/C14H26N2O3/c1-5-19-13(17)10-16(11(2)3)14(18)15-8-6-7-12(4)9-15/h11-12H,5-10H2,1-4H3. The van der Waals surface area contributed by atoms with E-state index in [1.54, 1.807) is 11.8 Å². The quantitative estimate of drug-likeness (QED) is 0.735. The van der Waals surface area contributed by atoms with Gasteiger partial charge in [0, 0.05) is 19.1 Å². The summed E-state index contributed by atoms with van der Waals surface area (Å²) in [6.45, 7) is 9.72. The molecule has 1 aliphatic heterocycles. The van der Waals surface area contributed by atoms with Gasteiger partial charge in [-0.15, -0.1) is 0 Å². The fourth-order valence-corrected chi connectivity index (χ4v) is 2.36. The van der Waals surface area contributed by atoms with Crippen molar-refractivity contribution in [1.82, 2.24) is 9.80 Å². The number of hydrogen-bond acceptors (Lipinski definition) is 3. The van der Waals surface area contributed by atoms with Gasteiger partial charge in [0.15, 0.2) is 0 Å². The normalized spacial score (nSPS) is 19.4. The largest absolute Gasteiger partial charge is 0.465 e. The number of esters is 1. The average molecular weight is 270 g/mol. The molecule has 5 nitrogen and oxygen atoms in total. The number of carbonyl (C=O) groups is 2. The summed E-state index contributed by atoms with van der Waals surface area (Å²) in [7, 11) is 0. The molecule has 0 aliphatic carbocycles. The van der Waals surface area contributed by atoms with Crippen LogP contribution in [0.1, 0.15) is 40.5 Å². The highest BCUT2D eigenvalue weighted by Crippen LogP contribution is 2.17. The molecular formula is C14H26N2O3. The first kappa shape index (κ1) is 15.8. The molecule has 2 amide bonds. The monoisotopic (exact) mass is 270 g/mol.